The second-order valence-corrected chi connectivity index (χ2v) is 8.54. The Balaban J connectivity index is 1.54. The van der Waals surface area contributed by atoms with Gasteiger partial charge in [-0.3, -0.25) is 9.59 Å². The highest BCUT2D eigenvalue weighted by Crippen LogP contribution is 2.25. The Morgan fingerprint density at radius 3 is 2.36 bits per heavy atom. The largest absolute Gasteiger partial charge is 0.477 e. The Kier molecular flexibility index (Phi) is 6.96. The lowest BCUT2D eigenvalue weighted by molar-refractivity contribution is -0.132. The number of aromatic amines is 1. The molecule has 0 fully saturated rings. The molecular weight excluding hydrogens is 456 g/mol. The lowest BCUT2D eigenvalue weighted by Crippen LogP contribution is -2.29. The number of nitrogens with zero attached hydrogens (tertiary/aromatic N) is 1. The van der Waals surface area contributed by atoms with Gasteiger partial charge in [0.05, 0.1) is 6.04 Å². The fraction of sp³-hybridized carbons (Fsp3) is 0.143. The predicted molar refractivity (Wildman–Crippen MR) is 137 cm³/mol. The van der Waals surface area contributed by atoms with E-state index in [0.29, 0.717) is 28.1 Å². The summed E-state index contributed by atoms with van der Waals surface area (Å²) in [5.41, 5.74) is 2.52. The number of imidazole rings is 1. The highest BCUT2D eigenvalue weighted by Gasteiger charge is 2.20. The minimum atomic E-state index is -1.30. The molecule has 0 unspecified atom stereocenters. The van der Waals surface area contributed by atoms with Gasteiger partial charge in [-0.15, -0.1) is 0 Å². The number of nitrogens with one attached hydrogen (secondary N) is 3. The zero-order valence-electron chi connectivity index (χ0n) is 20.1. The summed E-state index contributed by atoms with van der Waals surface area (Å²) in [6.45, 7) is 5.35. The first kappa shape index (κ1) is 24.4. The molecular formula is C28H26N4O4. The molecule has 1 heterocycles. The Labute approximate surface area is 208 Å². The van der Waals surface area contributed by atoms with Crippen molar-refractivity contribution in [2.24, 2.45) is 0 Å². The summed E-state index contributed by atoms with van der Waals surface area (Å²) in [4.78, 5) is 44.4. The molecule has 0 saturated heterocycles. The molecule has 4 N–H and O–H groups in total. The fourth-order valence-corrected chi connectivity index (χ4v) is 4.27. The summed E-state index contributed by atoms with van der Waals surface area (Å²) in [7, 11) is 0. The molecule has 2 amide bonds. The van der Waals surface area contributed by atoms with Crippen molar-refractivity contribution < 1.29 is 19.5 Å². The normalized spacial score (nSPS) is 12.2. The van der Waals surface area contributed by atoms with Crippen LogP contribution in [-0.2, 0) is 4.79 Å². The van der Waals surface area contributed by atoms with Crippen LogP contribution in [0.25, 0.3) is 16.8 Å². The summed E-state index contributed by atoms with van der Waals surface area (Å²) in [6.07, 6.45) is 4.26. The maximum atomic E-state index is 13.1. The molecule has 0 aliphatic heterocycles. The molecule has 0 aliphatic carbocycles. The van der Waals surface area contributed by atoms with Crippen LogP contribution in [0.1, 0.15) is 56.2 Å². The molecule has 8 heteroatoms. The topological polar surface area (TPSA) is 124 Å². The molecule has 1 aromatic heterocycles. The van der Waals surface area contributed by atoms with Gasteiger partial charge in [0.1, 0.15) is 11.5 Å². The van der Waals surface area contributed by atoms with Crippen LogP contribution in [0.3, 0.4) is 0 Å². The van der Waals surface area contributed by atoms with Gasteiger partial charge in [-0.05, 0) is 60.4 Å². The fourth-order valence-electron chi connectivity index (χ4n) is 4.27. The number of aryl methyl sites for hydroxylation is 2. The van der Waals surface area contributed by atoms with Crippen molar-refractivity contribution in [3.05, 3.63) is 106 Å². The average Bonchev–Trinajstić information content (AvgIpc) is 3.36. The second kappa shape index (κ2) is 10.3. The van der Waals surface area contributed by atoms with Crippen LogP contribution in [0.15, 0.2) is 72.7 Å². The van der Waals surface area contributed by atoms with Crippen molar-refractivity contribution in [1.82, 2.24) is 20.6 Å². The highest BCUT2D eigenvalue weighted by molar-refractivity contribution is 6.05. The molecule has 0 bridgehead atoms. The van der Waals surface area contributed by atoms with E-state index in [9.17, 15) is 19.5 Å². The summed E-state index contributed by atoms with van der Waals surface area (Å²) in [5.74, 6) is -1.85. The number of hydrogen-bond donors (Lipinski definition) is 4. The predicted octanol–water partition coefficient (Wildman–Crippen LogP) is 4.53. The standard InChI is InChI=1S/C28H26N4O4/c1-16-13-20(26(33)31-18(3)21-10-6-8-19-7-4-5-9-22(19)21)14-17(2)25(16)27(34)32-23(28(35)36)15-24-29-11-12-30-24/h4-15,18H,1-3H3,(H,29,30)(H,31,33)(H,32,34)(H,35,36)/b23-15-/t18-/m1/s1. The Hall–Kier alpha value is -4.72. The van der Waals surface area contributed by atoms with Crippen LogP contribution in [0.4, 0.5) is 0 Å². The number of aliphatic carboxylic acids is 1. The highest BCUT2D eigenvalue weighted by atomic mass is 16.4. The number of carbonyl (C=O) groups is 3. The number of aromatic nitrogens is 2. The van der Waals surface area contributed by atoms with Crippen LogP contribution in [-0.4, -0.2) is 32.9 Å². The smallest absolute Gasteiger partial charge is 0.352 e. The van der Waals surface area contributed by atoms with E-state index in [4.69, 9.17) is 0 Å². The SMILES string of the molecule is Cc1cc(C(=O)N[C@H](C)c2cccc3ccccc23)cc(C)c1C(=O)N/C(=C\c1ncc[nH]1)C(=O)O. The second-order valence-electron chi connectivity index (χ2n) is 8.54. The van der Waals surface area contributed by atoms with Gasteiger partial charge in [0.25, 0.3) is 11.8 Å². The number of rotatable bonds is 7. The van der Waals surface area contributed by atoms with Crippen LogP contribution in [0.2, 0.25) is 0 Å². The van der Waals surface area contributed by atoms with E-state index in [0.717, 1.165) is 16.3 Å². The van der Waals surface area contributed by atoms with Crippen molar-refractivity contribution in [3.63, 3.8) is 0 Å². The van der Waals surface area contributed by atoms with E-state index >= 15 is 0 Å². The van der Waals surface area contributed by atoms with Crippen molar-refractivity contribution in [2.45, 2.75) is 26.8 Å². The molecule has 3 aromatic carbocycles. The Morgan fingerprint density at radius 2 is 1.69 bits per heavy atom. The third-order valence-corrected chi connectivity index (χ3v) is 5.94. The minimum absolute atomic E-state index is 0.239. The number of H-pyrrole nitrogens is 1. The maximum absolute atomic E-state index is 13.1. The number of carboxylic acids is 1. The van der Waals surface area contributed by atoms with Crippen molar-refractivity contribution in [1.29, 1.82) is 0 Å². The van der Waals surface area contributed by atoms with E-state index in [-0.39, 0.29) is 17.6 Å². The van der Waals surface area contributed by atoms with E-state index in [2.05, 4.69) is 20.6 Å². The first-order valence-electron chi connectivity index (χ1n) is 11.4. The summed E-state index contributed by atoms with van der Waals surface area (Å²) >= 11 is 0. The number of carbonyl (C=O) groups excluding carboxylic acids is 2. The quantitative estimate of drug-likeness (QED) is 0.288. The third kappa shape index (κ3) is 5.17. The van der Waals surface area contributed by atoms with E-state index < -0.39 is 11.9 Å². The molecule has 8 nitrogen and oxygen atoms in total. The van der Waals surface area contributed by atoms with E-state index in [1.807, 2.05) is 49.4 Å². The van der Waals surface area contributed by atoms with Gasteiger partial charge in [0.15, 0.2) is 0 Å². The molecule has 0 aliphatic rings. The van der Waals surface area contributed by atoms with Crippen LogP contribution >= 0.6 is 0 Å². The lowest BCUT2D eigenvalue weighted by Gasteiger charge is -2.18. The number of benzene rings is 3. The summed E-state index contributed by atoms with van der Waals surface area (Å²) < 4.78 is 0. The van der Waals surface area contributed by atoms with Crippen molar-refractivity contribution in [3.8, 4) is 0 Å². The Bertz CT molecular complexity index is 1460. The summed E-state index contributed by atoms with van der Waals surface area (Å²) in [5, 5.41) is 17.1. The third-order valence-electron chi connectivity index (χ3n) is 5.94. The van der Waals surface area contributed by atoms with Gasteiger partial charge < -0.3 is 20.7 Å². The molecule has 182 valence electrons. The first-order valence-corrected chi connectivity index (χ1v) is 11.4. The van der Waals surface area contributed by atoms with Gasteiger partial charge in [-0.1, -0.05) is 42.5 Å². The number of hydrogen-bond acceptors (Lipinski definition) is 4. The minimum Gasteiger partial charge on any atom is -0.477 e. The Morgan fingerprint density at radius 1 is 1.00 bits per heavy atom. The van der Waals surface area contributed by atoms with Crippen LogP contribution in [0, 0.1) is 13.8 Å². The van der Waals surface area contributed by atoms with Crippen molar-refractivity contribution in [2.75, 3.05) is 0 Å². The maximum Gasteiger partial charge on any atom is 0.352 e. The molecule has 4 rings (SSSR count). The van der Waals surface area contributed by atoms with Gasteiger partial charge >= 0.3 is 5.97 Å². The molecule has 1 atom stereocenters. The van der Waals surface area contributed by atoms with Gasteiger partial charge in [-0.25, -0.2) is 9.78 Å². The molecule has 4 aromatic rings. The van der Waals surface area contributed by atoms with E-state index in [1.165, 1.54) is 12.3 Å². The van der Waals surface area contributed by atoms with Gasteiger partial charge in [0, 0.05) is 29.6 Å². The van der Waals surface area contributed by atoms with Crippen LogP contribution < -0.4 is 10.6 Å². The van der Waals surface area contributed by atoms with Gasteiger partial charge in [0.2, 0.25) is 0 Å². The zero-order chi connectivity index (χ0) is 25.8. The lowest BCUT2D eigenvalue weighted by atomic mass is 9.97. The number of amides is 2. The van der Waals surface area contributed by atoms with Crippen LogP contribution in [0.5, 0.6) is 0 Å². The molecule has 0 saturated carbocycles. The van der Waals surface area contributed by atoms with Gasteiger partial charge in [-0.2, -0.15) is 0 Å². The number of carboxylic acid groups (broad SMARTS) is 1. The molecule has 0 spiro atoms. The molecule has 0 radical (unpaired) electrons. The monoisotopic (exact) mass is 482 g/mol. The average molecular weight is 483 g/mol. The summed E-state index contributed by atoms with van der Waals surface area (Å²) in [6, 6.07) is 17.0. The molecule has 36 heavy (non-hydrogen) atoms. The number of fused-ring (bicyclic) bond motifs is 1. The van der Waals surface area contributed by atoms with E-state index in [1.54, 1.807) is 32.2 Å². The first-order chi connectivity index (χ1) is 17.2. The van der Waals surface area contributed by atoms with Crippen molar-refractivity contribution >= 4 is 34.6 Å². The zero-order valence-corrected chi connectivity index (χ0v) is 20.1.